The van der Waals surface area contributed by atoms with Gasteiger partial charge in [0.2, 0.25) is 5.91 Å². The SMILES string of the molecule is CC(NC(=O)[C@@H](NC(=O)N(C)c1ccccc1)C(C)C)c1cc2cc(Cl)ccc2o1. The summed E-state index contributed by atoms with van der Waals surface area (Å²) in [6, 6.07) is 15.1. The quantitative estimate of drug-likeness (QED) is 0.572. The van der Waals surface area contributed by atoms with E-state index in [2.05, 4.69) is 10.6 Å². The van der Waals surface area contributed by atoms with E-state index in [1.807, 2.05) is 63.2 Å². The number of nitrogens with zero attached hydrogens (tertiary/aromatic N) is 1. The number of hydrogen-bond acceptors (Lipinski definition) is 3. The van der Waals surface area contributed by atoms with Gasteiger partial charge in [-0.15, -0.1) is 0 Å². The molecule has 2 aromatic carbocycles. The average Bonchev–Trinajstić information content (AvgIpc) is 3.14. The summed E-state index contributed by atoms with van der Waals surface area (Å²) in [6.45, 7) is 5.62. The maximum atomic E-state index is 12.9. The van der Waals surface area contributed by atoms with Crippen LogP contribution < -0.4 is 15.5 Å². The van der Waals surface area contributed by atoms with Crippen molar-refractivity contribution in [1.29, 1.82) is 0 Å². The number of fused-ring (bicyclic) bond motifs is 1. The molecule has 0 saturated carbocycles. The van der Waals surface area contributed by atoms with Gasteiger partial charge < -0.3 is 15.1 Å². The number of carbonyl (C=O) groups is 2. The summed E-state index contributed by atoms with van der Waals surface area (Å²) in [5.74, 6) is 0.251. The van der Waals surface area contributed by atoms with Gasteiger partial charge in [-0.25, -0.2) is 4.79 Å². The summed E-state index contributed by atoms with van der Waals surface area (Å²) in [6.07, 6.45) is 0. The maximum absolute atomic E-state index is 12.9. The molecule has 2 N–H and O–H groups in total. The largest absolute Gasteiger partial charge is 0.459 e. The Labute approximate surface area is 181 Å². The molecule has 2 atom stereocenters. The number of halogens is 1. The molecule has 1 heterocycles. The first kappa shape index (κ1) is 21.7. The van der Waals surface area contributed by atoms with Crippen molar-refractivity contribution < 1.29 is 14.0 Å². The highest BCUT2D eigenvalue weighted by molar-refractivity contribution is 6.31. The number of urea groups is 1. The van der Waals surface area contributed by atoms with Crippen LogP contribution in [-0.2, 0) is 4.79 Å². The molecule has 1 aromatic heterocycles. The molecular weight excluding hydrogens is 402 g/mol. The fourth-order valence-electron chi connectivity index (χ4n) is 3.16. The standard InChI is InChI=1S/C23H26ClN3O3/c1-14(2)21(26-23(29)27(4)18-8-6-5-7-9-18)22(28)25-15(3)20-13-16-12-17(24)10-11-19(16)30-20/h5-15,21H,1-4H3,(H,25,28)(H,26,29)/t15?,21-/m0/s1. The second-order valence-corrected chi connectivity index (χ2v) is 8.06. The molecule has 0 fully saturated rings. The van der Waals surface area contributed by atoms with Crippen molar-refractivity contribution in [3.05, 3.63) is 65.4 Å². The summed E-state index contributed by atoms with van der Waals surface area (Å²) in [4.78, 5) is 27.1. The third kappa shape index (κ3) is 4.94. The van der Waals surface area contributed by atoms with Gasteiger partial charge >= 0.3 is 6.03 Å². The van der Waals surface area contributed by atoms with Gasteiger partial charge in [-0.05, 0) is 49.2 Å². The molecule has 1 unspecified atom stereocenters. The second kappa shape index (κ2) is 9.22. The number of amides is 3. The van der Waals surface area contributed by atoms with Gasteiger partial charge in [0.25, 0.3) is 0 Å². The number of furan rings is 1. The van der Waals surface area contributed by atoms with E-state index in [1.165, 1.54) is 4.90 Å². The molecule has 0 aliphatic heterocycles. The number of anilines is 1. The summed E-state index contributed by atoms with van der Waals surface area (Å²) in [7, 11) is 1.67. The fraction of sp³-hybridized carbons (Fsp3) is 0.304. The zero-order valence-electron chi connectivity index (χ0n) is 17.5. The van der Waals surface area contributed by atoms with Gasteiger partial charge in [-0.1, -0.05) is 43.6 Å². The Morgan fingerprint density at radius 2 is 1.70 bits per heavy atom. The van der Waals surface area contributed by atoms with E-state index in [4.69, 9.17) is 16.0 Å². The van der Waals surface area contributed by atoms with Gasteiger partial charge in [-0.3, -0.25) is 9.69 Å². The molecule has 158 valence electrons. The molecular formula is C23H26ClN3O3. The van der Waals surface area contributed by atoms with Gasteiger partial charge in [0, 0.05) is 23.1 Å². The third-order valence-corrected chi connectivity index (χ3v) is 5.19. The number of rotatable bonds is 6. The zero-order chi connectivity index (χ0) is 21.8. The van der Waals surface area contributed by atoms with Crippen LogP contribution in [0, 0.1) is 5.92 Å². The first-order chi connectivity index (χ1) is 14.3. The smallest absolute Gasteiger partial charge is 0.322 e. The highest BCUT2D eigenvalue weighted by Crippen LogP contribution is 2.26. The molecule has 0 bridgehead atoms. The molecule has 3 amide bonds. The first-order valence-corrected chi connectivity index (χ1v) is 10.2. The van der Waals surface area contributed by atoms with Crippen molar-refractivity contribution in [3.8, 4) is 0 Å². The number of nitrogens with one attached hydrogen (secondary N) is 2. The van der Waals surface area contributed by atoms with Gasteiger partial charge in [-0.2, -0.15) is 0 Å². The van der Waals surface area contributed by atoms with E-state index in [1.54, 1.807) is 19.2 Å². The van der Waals surface area contributed by atoms with Crippen molar-refractivity contribution in [2.45, 2.75) is 32.9 Å². The molecule has 3 rings (SSSR count). The molecule has 0 aliphatic rings. The minimum Gasteiger partial charge on any atom is -0.459 e. The van der Waals surface area contributed by atoms with E-state index in [0.717, 1.165) is 11.1 Å². The number of hydrogen-bond donors (Lipinski definition) is 2. The molecule has 0 saturated heterocycles. The van der Waals surface area contributed by atoms with Crippen LogP contribution in [0.15, 0.2) is 59.0 Å². The number of benzene rings is 2. The predicted octanol–water partition coefficient (Wildman–Crippen LogP) is 5.13. The molecule has 0 aliphatic carbocycles. The van der Waals surface area contributed by atoms with Gasteiger partial charge in [0.1, 0.15) is 17.4 Å². The Bertz CT molecular complexity index is 1030. The minimum atomic E-state index is -0.690. The van der Waals surface area contributed by atoms with Crippen LogP contribution in [0.4, 0.5) is 10.5 Å². The lowest BCUT2D eigenvalue weighted by molar-refractivity contribution is -0.124. The Morgan fingerprint density at radius 1 is 1.00 bits per heavy atom. The van der Waals surface area contributed by atoms with E-state index in [-0.39, 0.29) is 23.9 Å². The van der Waals surface area contributed by atoms with Crippen LogP contribution in [0.5, 0.6) is 0 Å². The molecule has 0 radical (unpaired) electrons. The Hall–Kier alpha value is -2.99. The summed E-state index contributed by atoms with van der Waals surface area (Å²) in [5.41, 5.74) is 1.45. The highest BCUT2D eigenvalue weighted by atomic mass is 35.5. The molecule has 6 nitrogen and oxygen atoms in total. The average molecular weight is 428 g/mol. The van der Waals surface area contributed by atoms with Crippen LogP contribution in [0.3, 0.4) is 0 Å². The minimum absolute atomic E-state index is 0.0974. The zero-order valence-corrected chi connectivity index (χ0v) is 18.2. The third-order valence-electron chi connectivity index (χ3n) is 4.96. The highest BCUT2D eigenvalue weighted by Gasteiger charge is 2.27. The van der Waals surface area contributed by atoms with Gasteiger partial charge in [0.15, 0.2) is 0 Å². The summed E-state index contributed by atoms with van der Waals surface area (Å²) in [5, 5.41) is 7.26. The molecule has 3 aromatic rings. The molecule has 7 heteroatoms. The monoisotopic (exact) mass is 427 g/mol. The van der Waals surface area contributed by atoms with E-state index < -0.39 is 6.04 Å². The fourth-order valence-corrected chi connectivity index (χ4v) is 3.34. The summed E-state index contributed by atoms with van der Waals surface area (Å²) >= 11 is 6.03. The molecule has 0 spiro atoms. The van der Waals surface area contributed by atoms with Crippen LogP contribution in [0.1, 0.15) is 32.6 Å². The lowest BCUT2D eigenvalue weighted by atomic mass is 10.0. The Kier molecular flexibility index (Phi) is 6.67. The van der Waals surface area contributed by atoms with Crippen molar-refractivity contribution in [3.63, 3.8) is 0 Å². The van der Waals surface area contributed by atoms with Crippen LogP contribution in [-0.4, -0.2) is 25.0 Å². The van der Waals surface area contributed by atoms with E-state index in [0.29, 0.717) is 16.4 Å². The van der Waals surface area contributed by atoms with Crippen molar-refractivity contribution in [1.82, 2.24) is 10.6 Å². The topological polar surface area (TPSA) is 74.6 Å². The van der Waals surface area contributed by atoms with Crippen LogP contribution >= 0.6 is 11.6 Å². The predicted molar refractivity (Wildman–Crippen MR) is 120 cm³/mol. The second-order valence-electron chi connectivity index (χ2n) is 7.63. The number of para-hydroxylation sites is 1. The summed E-state index contributed by atoms with van der Waals surface area (Å²) < 4.78 is 5.83. The van der Waals surface area contributed by atoms with E-state index >= 15 is 0 Å². The van der Waals surface area contributed by atoms with Gasteiger partial charge in [0.05, 0.1) is 6.04 Å². The van der Waals surface area contributed by atoms with Crippen molar-refractivity contribution in [2.75, 3.05) is 11.9 Å². The normalized spacial score (nSPS) is 13.1. The van der Waals surface area contributed by atoms with Crippen LogP contribution in [0.25, 0.3) is 11.0 Å². The van der Waals surface area contributed by atoms with Crippen molar-refractivity contribution >= 4 is 40.2 Å². The number of carbonyl (C=O) groups excluding carboxylic acids is 2. The first-order valence-electron chi connectivity index (χ1n) is 9.85. The Balaban J connectivity index is 1.69. The van der Waals surface area contributed by atoms with E-state index in [9.17, 15) is 9.59 Å². The van der Waals surface area contributed by atoms with Crippen LogP contribution in [0.2, 0.25) is 5.02 Å². The Morgan fingerprint density at radius 3 is 2.37 bits per heavy atom. The maximum Gasteiger partial charge on any atom is 0.322 e. The lowest BCUT2D eigenvalue weighted by Gasteiger charge is -2.26. The molecule has 30 heavy (non-hydrogen) atoms. The van der Waals surface area contributed by atoms with Crippen molar-refractivity contribution in [2.24, 2.45) is 5.92 Å². The lowest BCUT2D eigenvalue weighted by Crippen LogP contribution is -2.53.